The van der Waals surface area contributed by atoms with E-state index in [1.807, 2.05) is 12.1 Å². The van der Waals surface area contributed by atoms with Crippen LogP contribution in [-0.4, -0.2) is 14.9 Å². The van der Waals surface area contributed by atoms with Crippen LogP contribution in [0.4, 0.5) is 10.2 Å². The van der Waals surface area contributed by atoms with Gasteiger partial charge in [0.25, 0.3) is 0 Å². The van der Waals surface area contributed by atoms with Crippen LogP contribution in [0.3, 0.4) is 0 Å². The van der Waals surface area contributed by atoms with Crippen LogP contribution in [0.5, 0.6) is 5.75 Å². The summed E-state index contributed by atoms with van der Waals surface area (Å²) in [5.74, 6) is -0.536. The minimum Gasteiger partial charge on any atom is -0.504 e. The van der Waals surface area contributed by atoms with Crippen molar-refractivity contribution in [3.8, 4) is 16.9 Å². The maximum Gasteiger partial charge on any atom is 0.165 e. The van der Waals surface area contributed by atoms with Crippen molar-refractivity contribution < 1.29 is 9.50 Å². The number of fused-ring (bicyclic) bond motifs is 1. The molecule has 0 aliphatic rings. The summed E-state index contributed by atoms with van der Waals surface area (Å²) < 4.78 is 15.0. The van der Waals surface area contributed by atoms with Crippen LogP contribution in [0.15, 0.2) is 36.4 Å². The van der Waals surface area contributed by atoms with Gasteiger partial charge in [-0.15, -0.1) is 0 Å². The zero-order valence-corrected chi connectivity index (χ0v) is 10.3. The van der Waals surface area contributed by atoms with Gasteiger partial charge in [0.2, 0.25) is 0 Å². The van der Waals surface area contributed by atoms with Crippen molar-refractivity contribution in [1.82, 2.24) is 9.78 Å². The minimum absolute atomic E-state index is 0.350. The van der Waals surface area contributed by atoms with E-state index in [-0.39, 0.29) is 5.75 Å². The number of hydrogen-bond acceptors (Lipinski definition) is 3. The summed E-state index contributed by atoms with van der Waals surface area (Å²) in [5.41, 5.74) is 7.77. The first-order chi connectivity index (χ1) is 9.08. The van der Waals surface area contributed by atoms with Gasteiger partial charge < -0.3 is 10.8 Å². The summed E-state index contributed by atoms with van der Waals surface area (Å²) in [5, 5.41) is 14.7. The zero-order valence-electron chi connectivity index (χ0n) is 10.3. The fourth-order valence-corrected chi connectivity index (χ4v) is 2.20. The fraction of sp³-hybridized carbons (Fsp3) is 0.0714. The van der Waals surface area contributed by atoms with Crippen molar-refractivity contribution >= 4 is 16.7 Å². The lowest BCUT2D eigenvalue weighted by Crippen LogP contribution is -1.91. The lowest BCUT2D eigenvalue weighted by atomic mass is 10.0. The van der Waals surface area contributed by atoms with E-state index in [2.05, 4.69) is 5.10 Å². The normalized spacial score (nSPS) is 11.1. The van der Waals surface area contributed by atoms with Gasteiger partial charge in [-0.05, 0) is 23.8 Å². The molecule has 3 rings (SSSR count). The molecule has 19 heavy (non-hydrogen) atoms. The number of nitrogens with zero attached hydrogens (tertiary/aromatic N) is 2. The van der Waals surface area contributed by atoms with Gasteiger partial charge in [0.15, 0.2) is 17.4 Å². The summed E-state index contributed by atoms with van der Waals surface area (Å²) >= 11 is 0. The quantitative estimate of drug-likeness (QED) is 0.704. The molecule has 2 aromatic carbocycles. The highest BCUT2D eigenvalue weighted by molar-refractivity contribution is 5.92. The summed E-state index contributed by atoms with van der Waals surface area (Å²) in [4.78, 5) is 0. The molecule has 0 unspecified atom stereocenters. The van der Waals surface area contributed by atoms with Crippen LogP contribution in [0.25, 0.3) is 22.0 Å². The first-order valence-electron chi connectivity index (χ1n) is 5.78. The number of aromatic nitrogens is 2. The zero-order chi connectivity index (χ0) is 13.6. The summed E-state index contributed by atoms with van der Waals surface area (Å²) in [7, 11) is 1.79. The Morgan fingerprint density at radius 3 is 2.84 bits per heavy atom. The van der Waals surface area contributed by atoms with Crippen LogP contribution in [0.1, 0.15) is 0 Å². The molecule has 96 valence electrons. The number of aromatic hydroxyl groups is 1. The third-order valence-electron chi connectivity index (χ3n) is 3.18. The molecule has 3 N–H and O–H groups in total. The van der Waals surface area contributed by atoms with Crippen molar-refractivity contribution in [2.24, 2.45) is 7.05 Å². The molecule has 0 aliphatic carbocycles. The fourth-order valence-electron chi connectivity index (χ4n) is 2.20. The number of phenols is 1. The Kier molecular flexibility index (Phi) is 2.41. The Labute approximate surface area is 108 Å². The number of hydrogen-bond donors (Lipinski definition) is 2. The Hall–Kier alpha value is -2.56. The summed E-state index contributed by atoms with van der Waals surface area (Å²) in [6, 6.07) is 9.88. The molecule has 0 bridgehead atoms. The van der Waals surface area contributed by atoms with Crippen LogP contribution >= 0.6 is 0 Å². The second kappa shape index (κ2) is 3.98. The van der Waals surface area contributed by atoms with E-state index in [0.29, 0.717) is 16.9 Å². The number of halogens is 1. The molecule has 3 aromatic rings. The molecule has 0 saturated carbocycles. The van der Waals surface area contributed by atoms with E-state index in [9.17, 15) is 9.50 Å². The van der Waals surface area contributed by atoms with E-state index in [4.69, 9.17) is 5.73 Å². The van der Waals surface area contributed by atoms with Gasteiger partial charge in [-0.1, -0.05) is 18.2 Å². The van der Waals surface area contributed by atoms with E-state index in [0.717, 1.165) is 10.9 Å². The molecule has 0 atom stereocenters. The predicted octanol–water partition coefficient (Wildman–Crippen LogP) is 2.67. The Bertz CT molecular complexity index is 780. The number of nitrogen functional groups attached to an aromatic ring is 1. The maximum atomic E-state index is 13.4. The highest BCUT2D eigenvalue weighted by Gasteiger charge is 2.11. The van der Waals surface area contributed by atoms with Gasteiger partial charge in [0.05, 0.1) is 5.52 Å². The van der Waals surface area contributed by atoms with Crippen LogP contribution in [0.2, 0.25) is 0 Å². The lowest BCUT2D eigenvalue weighted by molar-refractivity contribution is 0.434. The van der Waals surface area contributed by atoms with Crippen molar-refractivity contribution in [3.63, 3.8) is 0 Å². The van der Waals surface area contributed by atoms with Crippen molar-refractivity contribution in [2.75, 3.05) is 5.73 Å². The number of anilines is 1. The monoisotopic (exact) mass is 257 g/mol. The second-order valence-corrected chi connectivity index (χ2v) is 4.38. The molecular weight excluding hydrogens is 245 g/mol. The van der Waals surface area contributed by atoms with E-state index < -0.39 is 5.82 Å². The summed E-state index contributed by atoms with van der Waals surface area (Å²) in [6.45, 7) is 0. The maximum absolute atomic E-state index is 13.4. The molecule has 4 nitrogen and oxygen atoms in total. The summed E-state index contributed by atoms with van der Waals surface area (Å²) in [6.07, 6.45) is 0. The Morgan fingerprint density at radius 1 is 1.26 bits per heavy atom. The third-order valence-corrected chi connectivity index (χ3v) is 3.18. The topological polar surface area (TPSA) is 64.1 Å². The molecule has 0 aliphatic heterocycles. The van der Waals surface area contributed by atoms with E-state index >= 15 is 0 Å². The van der Waals surface area contributed by atoms with Crippen LogP contribution in [0, 0.1) is 5.82 Å². The van der Waals surface area contributed by atoms with Crippen molar-refractivity contribution in [1.29, 1.82) is 0 Å². The van der Waals surface area contributed by atoms with Gasteiger partial charge >= 0.3 is 0 Å². The average Bonchev–Trinajstić information content (AvgIpc) is 2.68. The van der Waals surface area contributed by atoms with Gasteiger partial charge in [-0.3, -0.25) is 4.68 Å². The first-order valence-corrected chi connectivity index (χ1v) is 5.78. The van der Waals surface area contributed by atoms with Gasteiger partial charge in [-0.25, -0.2) is 4.39 Å². The number of rotatable bonds is 1. The minimum atomic E-state index is -0.637. The number of para-hydroxylation sites is 1. The molecule has 0 fully saturated rings. The highest BCUT2D eigenvalue weighted by Crippen LogP contribution is 2.33. The van der Waals surface area contributed by atoms with E-state index in [1.165, 1.54) is 6.07 Å². The standard InChI is InChI=1S/C14H12FN3O/c1-18-12-7-8(5-6-10(12)14(16)17-18)9-3-2-4-11(15)13(9)19/h2-7,19H,1H3,(H2,16,17). The third kappa shape index (κ3) is 1.71. The van der Waals surface area contributed by atoms with Gasteiger partial charge in [-0.2, -0.15) is 5.10 Å². The molecule has 0 amide bonds. The molecule has 1 aromatic heterocycles. The molecular formula is C14H12FN3O. The van der Waals surface area contributed by atoms with Gasteiger partial charge in [0.1, 0.15) is 0 Å². The molecule has 0 spiro atoms. The highest BCUT2D eigenvalue weighted by atomic mass is 19.1. The number of aryl methyl sites for hydroxylation is 1. The molecule has 0 radical (unpaired) electrons. The second-order valence-electron chi connectivity index (χ2n) is 4.38. The largest absolute Gasteiger partial charge is 0.504 e. The Balaban J connectivity index is 2.26. The Morgan fingerprint density at radius 2 is 2.05 bits per heavy atom. The smallest absolute Gasteiger partial charge is 0.165 e. The van der Waals surface area contributed by atoms with Gasteiger partial charge in [0, 0.05) is 18.0 Å². The number of phenolic OH excluding ortho intramolecular Hbond substituents is 1. The average molecular weight is 257 g/mol. The molecule has 1 heterocycles. The van der Waals surface area contributed by atoms with Crippen LogP contribution in [-0.2, 0) is 7.05 Å². The lowest BCUT2D eigenvalue weighted by Gasteiger charge is -2.06. The predicted molar refractivity (Wildman–Crippen MR) is 72.2 cm³/mol. The molecule has 0 saturated heterocycles. The van der Waals surface area contributed by atoms with E-state index in [1.54, 1.807) is 29.9 Å². The number of nitrogens with two attached hydrogens (primary N) is 1. The van der Waals surface area contributed by atoms with Crippen molar-refractivity contribution in [2.45, 2.75) is 0 Å². The molecule has 5 heteroatoms. The SMILES string of the molecule is Cn1nc(N)c2ccc(-c3cccc(F)c3O)cc21. The number of benzene rings is 2. The van der Waals surface area contributed by atoms with Crippen molar-refractivity contribution in [3.05, 3.63) is 42.2 Å². The first kappa shape index (κ1) is 11.5. The van der Waals surface area contributed by atoms with Crippen LogP contribution < -0.4 is 5.73 Å².